The Labute approximate surface area is 178 Å². The van der Waals surface area contributed by atoms with Gasteiger partial charge in [-0.05, 0) is 19.4 Å². The monoisotopic (exact) mass is 416 g/mol. The number of aryl methyl sites for hydroxylation is 1. The fraction of sp³-hybridized carbons (Fsp3) is 0.227. The van der Waals surface area contributed by atoms with Crippen molar-refractivity contribution in [3.8, 4) is 22.5 Å². The predicted octanol–water partition coefficient (Wildman–Crippen LogP) is 3.42. The molecule has 1 saturated heterocycles. The Morgan fingerprint density at radius 3 is 2.90 bits per heavy atom. The zero-order valence-electron chi connectivity index (χ0n) is 16.9. The summed E-state index contributed by atoms with van der Waals surface area (Å²) in [5.41, 5.74) is 3.73. The quantitative estimate of drug-likeness (QED) is 0.527. The molecule has 3 aromatic heterocycles. The highest BCUT2D eigenvalue weighted by atomic mass is 16.5. The molecule has 0 saturated carbocycles. The number of benzene rings is 1. The lowest BCUT2D eigenvalue weighted by Gasteiger charge is -2.16. The summed E-state index contributed by atoms with van der Waals surface area (Å²) in [5.74, 6) is 1.10. The standard InChI is InChI=1S/C22H20N6O3/c1-14-19(20(27-31-14)15-5-3-2-4-6-15)18-7-9-23-22(26-18)25-17-8-10-28(12-17)21(29)16-11-24-30-13-16/h2-7,9,11,13,17H,8,10,12H2,1H3,(H,23,25,26)/t17-/m1/s1. The van der Waals surface area contributed by atoms with Gasteiger partial charge in [-0.3, -0.25) is 4.79 Å². The molecule has 1 aromatic carbocycles. The molecule has 1 fully saturated rings. The molecule has 9 heteroatoms. The molecule has 156 valence electrons. The van der Waals surface area contributed by atoms with Gasteiger partial charge in [-0.15, -0.1) is 0 Å². The van der Waals surface area contributed by atoms with Crippen molar-refractivity contribution >= 4 is 11.9 Å². The van der Waals surface area contributed by atoms with E-state index in [4.69, 9.17) is 14.0 Å². The van der Waals surface area contributed by atoms with Crippen molar-refractivity contribution in [2.24, 2.45) is 0 Å². The summed E-state index contributed by atoms with van der Waals surface area (Å²) in [6.45, 7) is 3.07. The fourth-order valence-electron chi connectivity index (χ4n) is 3.77. The summed E-state index contributed by atoms with van der Waals surface area (Å²) in [6, 6.07) is 11.7. The predicted molar refractivity (Wildman–Crippen MR) is 112 cm³/mol. The maximum atomic E-state index is 12.5. The molecule has 5 rings (SSSR count). The van der Waals surface area contributed by atoms with E-state index in [1.165, 1.54) is 12.5 Å². The number of amides is 1. The van der Waals surface area contributed by atoms with Crippen molar-refractivity contribution < 1.29 is 13.8 Å². The minimum absolute atomic E-state index is 0.0521. The summed E-state index contributed by atoms with van der Waals surface area (Å²) < 4.78 is 10.2. The van der Waals surface area contributed by atoms with Crippen LogP contribution in [0.5, 0.6) is 0 Å². The smallest absolute Gasteiger partial charge is 0.258 e. The maximum Gasteiger partial charge on any atom is 0.258 e. The largest absolute Gasteiger partial charge is 0.364 e. The molecule has 0 bridgehead atoms. The average molecular weight is 416 g/mol. The van der Waals surface area contributed by atoms with Gasteiger partial charge >= 0.3 is 0 Å². The van der Waals surface area contributed by atoms with E-state index in [0.29, 0.717) is 30.4 Å². The molecule has 1 aliphatic rings. The molecule has 1 aliphatic heterocycles. The lowest BCUT2D eigenvalue weighted by atomic mass is 10.0. The van der Waals surface area contributed by atoms with Crippen LogP contribution in [0.4, 0.5) is 5.95 Å². The normalized spacial score (nSPS) is 15.9. The van der Waals surface area contributed by atoms with Crippen LogP contribution >= 0.6 is 0 Å². The first-order valence-corrected chi connectivity index (χ1v) is 9.99. The van der Waals surface area contributed by atoms with E-state index in [2.05, 4.69) is 20.6 Å². The lowest BCUT2D eigenvalue weighted by Crippen LogP contribution is -2.31. The number of aromatic nitrogens is 4. The second kappa shape index (κ2) is 8.02. The molecule has 0 spiro atoms. The Kier molecular flexibility index (Phi) is 4.91. The van der Waals surface area contributed by atoms with Crippen LogP contribution in [0.3, 0.4) is 0 Å². The van der Waals surface area contributed by atoms with E-state index in [1.54, 1.807) is 11.1 Å². The third kappa shape index (κ3) is 3.77. The SMILES string of the molecule is Cc1onc(-c2ccccc2)c1-c1ccnc(N[C@@H]2CCN(C(=O)c3cnoc3)C2)n1. The van der Waals surface area contributed by atoms with Gasteiger partial charge in [0.1, 0.15) is 17.7 Å². The van der Waals surface area contributed by atoms with Gasteiger partial charge in [-0.2, -0.15) is 0 Å². The molecular weight excluding hydrogens is 396 g/mol. The molecule has 4 aromatic rings. The first kappa shape index (κ1) is 19.0. The zero-order chi connectivity index (χ0) is 21.2. The molecule has 31 heavy (non-hydrogen) atoms. The zero-order valence-corrected chi connectivity index (χ0v) is 16.9. The van der Waals surface area contributed by atoms with Gasteiger partial charge in [0, 0.05) is 30.9 Å². The number of rotatable bonds is 5. The lowest BCUT2D eigenvalue weighted by molar-refractivity contribution is 0.0791. The minimum atomic E-state index is -0.0900. The third-order valence-corrected chi connectivity index (χ3v) is 5.31. The summed E-state index contributed by atoms with van der Waals surface area (Å²) >= 11 is 0. The van der Waals surface area contributed by atoms with Crippen LogP contribution in [-0.2, 0) is 0 Å². The number of nitrogens with one attached hydrogen (secondary N) is 1. The maximum absolute atomic E-state index is 12.5. The number of carbonyl (C=O) groups excluding carboxylic acids is 1. The number of nitrogens with zero attached hydrogens (tertiary/aromatic N) is 5. The number of hydrogen-bond donors (Lipinski definition) is 1. The van der Waals surface area contributed by atoms with Gasteiger partial charge in [0.05, 0.1) is 23.0 Å². The molecule has 4 heterocycles. The van der Waals surface area contributed by atoms with Crippen molar-refractivity contribution in [2.45, 2.75) is 19.4 Å². The molecule has 0 unspecified atom stereocenters. The van der Waals surface area contributed by atoms with Crippen molar-refractivity contribution in [2.75, 3.05) is 18.4 Å². The van der Waals surface area contributed by atoms with E-state index >= 15 is 0 Å². The highest BCUT2D eigenvalue weighted by Gasteiger charge is 2.28. The van der Waals surface area contributed by atoms with Gasteiger partial charge in [-0.25, -0.2) is 9.97 Å². The minimum Gasteiger partial charge on any atom is -0.364 e. The Bertz CT molecular complexity index is 1190. The highest BCUT2D eigenvalue weighted by molar-refractivity contribution is 5.93. The summed E-state index contributed by atoms with van der Waals surface area (Å²) in [6.07, 6.45) is 5.30. The first-order valence-electron chi connectivity index (χ1n) is 9.99. The van der Waals surface area contributed by atoms with Crippen LogP contribution in [0.2, 0.25) is 0 Å². The molecule has 1 amide bonds. The van der Waals surface area contributed by atoms with Crippen LogP contribution in [-0.4, -0.2) is 50.2 Å². The first-order chi connectivity index (χ1) is 15.2. The van der Waals surface area contributed by atoms with Crippen molar-refractivity contribution in [1.82, 2.24) is 25.2 Å². The van der Waals surface area contributed by atoms with Crippen molar-refractivity contribution in [3.63, 3.8) is 0 Å². The molecule has 1 N–H and O–H groups in total. The van der Waals surface area contributed by atoms with Crippen LogP contribution < -0.4 is 5.32 Å². The topological polar surface area (TPSA) is 110 Å². The fourth-order valence-corrected chi connectivity index (χ4v) is 3.77. The van der Waals surface area contributed by atoms with Gasteiger partial charge in [0.25, 0.3) is 5.91 Å². The third-order valence-electron chi connectivity index (χ3n) is 5.31. The van der Waals surface area contributed by atoms with Gasteiger partial charge in [-0.1, -0.05) is 40.6 Å². The molecule has 9 nitrogen and oxygen atoms in total. The number of hydrogen-bond acceptors (Lipinski definition) is 8. The molecule has 0 aliphatic carbocycles. The van der Waals surface area contributed by atoms with E-state index in [9.17, 15) is 4.79 Å². The molecule has 0 radical (unpaired) electrons. The Morgan fingerprint density at radius 1 is 1.23 bits per heavy atom. The van der Waals surface area contributed by atoms with E-state index in [0.717, 1.165) is 28.9 Å². The van der Waals surface area contributed by atoms with Crippen LogP contribution in [0.15, 0.2) is 64.1 Å². The van der Waals surface area contributed by atoms with Crippen molar-refractivity contribution in [1.29, 1.82) is 0 Å². The second-order valence-corrected chi connectivity index (χ2v) is 7.39. The van der Waals surface area contributed by atoms with Crippen LogP contribution in [0.1, 0.15) is 22.5 Å². The summed E-state index contributed by atoms with van der Waals surface area (Å²) in [5, 5.41) is 11.2. The van der Waals surface area contributed by atoms with Gasteiger partial charge < -0.3 is 19.3 Å². The van der Waals surface area contributed by atoms with Crippen LogP contribution in [0.25, 0.3) is 22.5 Å². The van der Waals surface area contributed by atoms with Crippen molar-refractivity contribution in [3.05, 3.63) is 66.4 Å². The number of carbonyl (C=O) groups is 1. The van der Waals surface area contributed by atoms with E-state index in [-0.39, 0.29) is 11.9 Å². The van der Waals surface area contributed by atoms with E-state index in [1.807, 2.05) is 43.3 Å². The van der Waals surface area contributed by atoms with Gasteiger partial charge in [0.2, 0.25) is 5.95 Å². The highest BCUT2D eigenvalue weighted by Crippen LogP contribution is 2.33. The second-order valence-electron chi connectivity index (χ2n) is 7.39. The molecular formula is C22H20N6O3. The number of anilines is 1. The average Bonchev–Trinajstić information content (AvgIpc) is 3.55. The molecule has 1 atom stereocenters. The number of likely N-dealkylation sites (tertiary alicyclic amines) is 1. The Morgan fingerprint density at radius 2 is 2.10 bits per heavy atom. The summed E-state index contributed by atoms with van der Waals surface area (Å²) in [7, 11) is 0. The Hall–Kier alpha value is -4.01. The van der Waals surface area contributed by atoms with Crippen LogP contribution in [0, 0.1) is 6.92 Å². The van der Waals surface area contributed by atoms with Gasteiger partial charge in [0.15, 0.2) is 0 Å². The summed E-state index contributed by atoms with van der Waals surface area (Å²) in [4.78, 5) is 23.3. The van der Waals surface area contributed by atoms with E-state index < -0.39 is 0 Å². The Balaban J connectivity index is 1.34.